The van der Waals surface area contributed by atoms with Crippen molar-refractivity contribution in [3.8, 4) is 0 Å². The van der Waals surface area contributed by atoms with Gasteiger partial charge < -0.3 is 0 Å². The molecule has 0 heteroatoms. The lowest BCUT2D eigenvalue weighted by atomic mass is 9.71. The van der Waals surface area contributed by atoms with Crippen LogP contribution in [-0.2, 0) is 0 Å². The summed E-state index contributed by atoms with van der Waals surface area (Å²) in [4.78, 5) is 0. The summed E-state index contributed by atoms with van der Waals surface area (Å²) in [6, 6.07) is 0. The van der Waals surface area contributed by atoms with Crippen LogP contribution in [0.1, 0.15) is 561 Å². The second kappa shape index (κ2) is 77.2. The highest BCUT2D eigenvalue weighted by atomic mass is 14.3. The lowest BCUT2D eigenvalue weighted by Crippen LogP contribution is -2.25. The molecule has 0 saturated heterocycles. The van der Waals surface area contributed by atoms with E-state index in [1.165, 1.54) is 173 Å². The number of rotatable bonds is 22. The van der Waals surface area contributed by atoms with Crippen LogP contribution in [0.5, 0.6) is 0 Å². The van der Waals surface area contributed by atoms with Gasteiger partial charge in [0.25, 0.3) is 0 Å². The Morgan fingerprint density at radius 1 is 0.210 bits per heavy atom. The minimum Gasteiger partial charge on any atom is -0.0654 e. The highest BCUT2D eigenvalue weighted by Crippen LogP contribution is 2.37. The standard InChI is InChI=1S/2C10H22.C9H20.3C8H18.2C7H16.3C6H14.3C5H12/c1-5-6-7-8-9-10(2,3)4;1-4-6-8-10(3)9-7-5-2;1-8(2,3)7-9(4,5)6;1-7(2,3)8(4,5)6;1-5-6-7-8(2,3)4;1-4-6-7-8(3)5-2;1-6(2)7(3,4)5;1-5-6-7(2,3)4;1-5-6(2,3)4;1-4-5-6(2)3;1-4-6(3)5-2;2*1-5(2,3)4;1-4-5(2)3/h5-9H2,1-4H3;10H,4-9H2,1-3H3;7H2,1-6H3;1-6H3;5-7H2,1-4H3;8H,4-7H2,1-3H3;6H,1-5H3;5-6H2,1-4H3;5H2,1-4H3;2*6H,4-5H2,1-3H3;2*1-4H3;5H,4H2,1-3H3. The van der Waals surface area contributed by atoms with Gasteiger partial charge in [-0.2, -0.15) is 0 Å². The van der Waals surface area contributed by atoms with E-state index in [0.717, 1.165) is 35.5 Å². The average Bonchev–Trinajstić information content (AvgIpc) is 0.878. The van der Waals surface area contributed by atoms with E-state index in [1.54, 1.807) is 0 Å². The molecule has 0 aromatic carbocycles. The fourth-order valence-electron chi connectivity index (χ4n) is 7.00. The number of unbranched alkanes of at least 4 members (excludes halogenated alkanes) is 7. The van der Waals surface area contributed by atoms with Gasteiger partial charge in [-0.05, 0) is 121 Å². The molecule has 0 nitrogen and oxygen atoms in total. The van der Waals surface area contributed by atoms with Gasteiger partial charge in [0.2, 0.25) is 0 Å². The van der Waals surface area contributed by atoms with Gasteiger partial charge in [0, 0.05) is 0 Å². The van der Waals surface area contributed by atoms with Gasteiger partial charge in [0.05, 0.1) is 0 Å². The van der Waals surface area contributed by atoms with E-state index in [9.17, 15) is 0 Å². The Hall–Kier alpha value is 0. The van der Waals surface area contributed by atoms with Crippen molar-refractivity contribution in [2.24, 2.45) is 95.1 Å². The lowest BCUT2D eigenvalue weighted by molar-refractivity contribution is 0.157. The Bertz CT molecular complexity index is 1340. The Kier molecular flexibility index (Phi) is 102. The molecule has 0 aliphatic carbocycles. The maximum absolute atomic E-state index is 2.38. The van der Waals surface area contributed by atoms with Crippen molar-refractivity contribution in [2.75, 3.05) is 0 Å². The Labute approximate surface area is 652 Å². The van der Waals surface area contributed by atoms with Crippen LogP contribution in [0, 0.1) is 95.1 Å². The SMILES string of the molecule is CC(C)(C)C.CC(C)(C)C.CC(C)(C)C(C)(C)C.CC(C)(C)CC(C)(C)C.CC(C)C(C)(C)C.CCC(C)(C)C.CCC(C)C.CCC(C)CC.CCCC(C)(C)C.CCCC(C)C.CCCCC(C)(C)C.CCCCC(C)CC.CCCCC(C)CCCC.CCCCCCC(C)(C)C. The van der Waals surface area contributed by atoms with Crippen molar-refractivity contribution >= 4 is 0 Å². The molecular formula is C100H228. The molecule has 1 atom stereocenters. The smallest absolute Gasteiger partial charge is 0.0334 e. The third-order valence-electron chi connectivity index (χ3n) is 17.1. The van der Waals surface area contributed by atoms with E-state index in [2.05, 4.69) is 388 Å². The first kappa shape index (κ1) is 133. The molecule has 0 aliphatic rings. The molecule has 628 valence electrons. The first-order valence-electron chi connectivity index (χ1n) is 44.1. The molecule has 0 bridgehead atoms. The van der Waals surface area contributed by atoms with Crippen LogP contribution in [0.2, 0.25) is 0 Å². The number of hydrogen-bond acceptors (Lipinski definition) is 0. The van der Waals surface area contributed by atoms with Crippen LogP contribution < -0.4 is 0 Å². The van der Waals surface area contributed by atoms with Crippen molar-refractivity contribution in [1.29, 1.82) is 0 Å². The summed E-state index contributed by atoms with van der Waals surface area (Å²) < 4.78 is 0. The second-order valence-corrected chi connectivity index (χ2v) is 45.5. The van der Waals surface area contributed by atoms with Crippen molar-refractivity contribution in [3.63, 3.8) is 0 Å². The van der Waals surface area contributed by atoms with Gasteiger partial charge in [0.15, 0.2) is 0 Å². The lowest BCUT2D eigenvalue weighted by Gasteiger charge is -2.34. The van der Waals surface area contributed by atoms with Gasteiger partial charge in [-0.25, -0.2) is 0 Å². The molecule has 0 aliphatic heterocycles. The summed E-state index contributed by atoms with van der Waals surface area (Å²) in [5.41, 5.74) is 5.54. The first-order valence-corrected chi connectivity index (χ1v) is 44.1. The Morgan fingerprint density at radius 3 is 0.550 bits per heavy atom. The van der Waals surface area contributed by atoms with Gasteiger partial charge in [0.1, 0.15) is 0 Å². The summed E-state index contributed by atoms with van der Waals surface area (Å²) in [6.07, 6.45) is 36.9. The third kappa shape index (κ3) is 232. The van der Waals surface area contributed by atoms with Crippen LogP contribution in [0.4, 0.5) is 0 Å². The van der Waals surface area contributed by atoms with Gasteiger partial charge in [-0.3, -0.25) is 0 Å². The normalized spacial score (nSPS) is 12.1. The summed E-state index contributed by atoms with van der Waals surface area (Å²) in [7, 11) is 0. The maximum Gasteiger partial charge on any atom is -0.0334 e. The summed E-state index contributed by atoms with van der Waals surface area (Å²) in [5.74, 6) is 5.44. The van der Waals surface area contributed by atoms with Crippen molar-refractivity contribution in [2.45, 2.75) is 561 Å². The van der Waals surface area contributed by atoms with Gasteiger partial charge in [-0.15, -0.1) is 0 Å². The second-order valence-electron chi connectivity index (χ2n) is 45.5. The predicted molar refractivity (Wildman–Crippen MR) is 490 cm³/mol. The minimum atomic E-state index is 0.437. The first-order chi connectivity index (χ1) is 44.1. The maximum atomic E-state index is 2.38. The van der Waals surface area contributed by atoms with E-state index in [-0.39, 0.29) is 0 Å². The largest absolute Gasteiger partial charge is 0.0654 e. The minimum absolute atomic E-state index is 0.437. The predicted octanol–water partition coefficient (Wildman–Crippen LogP) is 40.0. The van der Waals surface area contributed by atoms with Crippen LogP contribution >= 0.6 is 0 Å². The summed E-state index contributed by atoms with van der Waals surface area (Å²) in [5, 5.41) is 0. The van der Waals surface area contributed by atoms with Crippen molar-refractivity contribution < 1.29 is 0 Å². The molecule has 0 spiro atoms. The van der Waals surface area contributed by atoms with E-state index in [0.29, 0.717) is 59.6 Å². The van der Waals surface area contributed by atoms with Crippen molar-refractivity contribution in [3.05, 3.63) is 0 Å². The zero-order valence-electron chi connectivity index (χ0n) is 84.1. The molecule has 0 radical (unpaired) electrons. The zero-order valence-corrected chi connectivity index (χ0v) is 84.1. The Morgan fingerprint density at radius 2 is 0.450 bits per heavy atom. The van der Waals surface area contributed by atoms with Gasteiger partial charge >= 0.3 is 0 Å². The zero-order chi connectivity index (χ0) is 84.1. The van der Waals surface area contributed by atoms with Crippen molar-refractivity contribution in [1.82, 2.24) is 0 Å². The van der Waals surface area contributed by atoms with Crippen LogP contribution in [0.15, 0.2) is 0 Å². The van der Waals surface area contributed by atoms with Crippen LogP contribution in [-0.4, -0.2) is 0 Å². The van der Waals surface area contributed by atoms with E-state index >= 15 is 0 Å². The van der Waals surface area contributed by atoms with E-state index in [1.807, 2.05) is 0 Å². The quantitative estimate of drug-likeness (QED) is 0.0948. The molecule has 0 amide bonds. The summed E-state index contributed by atoms with van der Waals surface area (Å²) in [6.45, 7) is 126. The molecule has 0 aromatic heterocycles. The molecule has 0 aromatic rings. The topological polar surface area (TPSA) is 0 Å². The molecule has 1 unspecified atom stereocenters. The molecule has 0 fully saturated rings. The Balaban J connectivity index is -0.0000000667. The summed E-state index contributed by atoms with van der Waals surface area (Å²) >= 11 is 0. The van der Waals surface area contributed by atoms with Crippen LogP contribution in [0.3, 0.4) is 0 Å². The molecule has 0 rings (SSSR count). The van der Waals surface area contributed by atoms with E-state index in [4.69, 9.17) is 0 Å². The van der Waals surface area contributed by atoms with Crippen LogP contribution in [0.25, 0.3) is 0 Å². The monoisotopic (exact) mass is 1430 g/mol. The molecule has 0 N–H and O–H groups in total. The highest BCUT2D eigenvalue weighted by molar-refractivity contribution is 4.77. The molecule has 0 heterocycles. The van der Waals surface area contributed by atoms with E-state index < -0.39 is 0 Å². The average molecular weight is 1430 g/mol. The van der Waals surface area contributed by atoms with Gasteiger partial charge in [-0.1, -0.05) is 535 Å². The third-order valence-corrected chi connectivity index (χ3v) is 17.1. The number of hydrogen-bond donors (Lipinski definition) is 0. The molecular weight excluding hydrogens is 1200 g/mol. The highest BCUT2D eigenvalue weighted by Gasteiger charge is 2.27. The fraction of sp³-hybridized carbons (Fsp3) is 1.00. The fourth-order valence-corrected chi connectivity index (χ4v) is 7.00. The molecule has 0 saturated carbocycles. The molecule has 100 heavy (non-hydrogen) atoms.